The van der Waals surface area contributed by atoms with Crippen LogP contribution >= 0.6 is 0 Å². The first kappa shape index (κ1) is 13.1. The minimum Gasteiger partial charge on any atom is -0.298 e. The summed E-state index contributed by atoms with van der Waals surface area (Å²) in [5.41, 5.74) is -0.177. The summed E-state index contributed by atoms with van der Waals surface area (Å²) >= 11 is 0. The van der Waals surface area contributed by atoms with Gasteiger partial charge >= 0.3 is 0 Å². The molecule has 0 spiro atoms. The SMILES string of the molecule is CC(C)(C)C(=O)CN1CCC2CCCCC2C1. The van der Waals surface area contributed by atoms with Crippen LogP contribution in [0.1, 0.15) is 52.9 Å². The molecule has 0 aromatic heterocycles. The monoisotopic (exact) mass is 237 g/mol. The molecule has 2 unspecified atom stereocenters. The van der Waals surface area contributed by atoms with Crippen molar-refractivity contribution in [1.29, 1.82) is 0 Å². The predicted molar refractivity (Wildman–Crippen MR) is 71.0 cm³/mol. The smallest absolute Gasteiger partial charge is 0.152 e. The van der Waals surface area contributed by atoms with E-state index in [-0.39, 0.29) is 5.41 Å². The Balaban J connectivity index is 1.86. The minimum absolute atomic E-state index is 0.177. The van der Waals surface area contributed by atoms with Crippen molar-refractivity contribution in [2.75, 3.05) is 19.6 Å². The summed E-state index contributed by atoms with van der Waals surface area (Å²) in [5, 5.41) is 0. The van der Waals surface area contributed by atoms with Gasteiger partial charge in [-0.1, -0.05) is 40.0 Å². The second-order valence-corrected chi connectivity index (χ2v) is 7.00. The number of Topliss-reactive ketones (excluding diaryl/α,β-unsaturated/α-hetero) is 1. The first-order valence-corrected chi connectivity index (χ1v) is 7.22. The summed E-state index contributed by atoms with van der Waals surface area (Å²) in [6.45, 7) is 9.08. The Morgan fingerprint density at radius 1 is 1.12 bits per heavy atom. The first-order valence-electron chi connectivity index (χ1n) is 7.22. The van der Waals surface area contributed by atoms with Crippen molar-refractivity contribution < 1.29 is 4.79 Å². The fourth-order valence-corrected chi connectivity index (χ4v) is 3.26. The van der Waals surface area contributed by atoms with E-state index in [2.05, 4.69) is 4.90 Å². The van der Waals surface area contributed by atoms with Crippen LogP contribution in [0.25, 0.3) is 0 Å². The quantitative estimate of drug-likeness (QED) is 0.735. The normalized spacial score (nSPS) is 31.0. The summed E-state index contributed by atoms with van der Waals surface area (Å²) in [6, 6.07) is 0. The molecule has 0 N–H and O–H groups in total. The van der Waals surface area contributed by atoms with Gasteiger partial charge in [0.15, 0.2) is 5.78 Å². The zero-order valence-electron chi connectivity index (χ0n) is 11.7. The van der Waals surface area contributed by atoms with Crippen LogP contribution in [0.2, 0.25) is 0 Å². The number of carbonyl (C=O) groups is 1. The molecular weight excluding hydrogens is 210 g/mol. The van der Waals surface area contributed by atoms with Crippen LogP contribution in [-0.4, -0.2) is 30.3 Å². The number of piperidine rings is 1. The summed E-state index contributed by atoms with van der Waals surface area (Å²) in [6.07, 6.45) is 6.99. The average molecular weight is 237 g/mol. The van der Waals surface area contributed by atoms with Gasteiger partial charge in [0, 0.05) is 12.0 Å². The van der Waals surface area contributed by atoms with Gasteiger partial charge in [-0.15, -0.1) is 0 Å². The number of carbonyl (C=O) groups excluding carboxylic acids is 1. The molecule has 1 aliphatic carbocycles. The van der Waals surface area contributed by atoms with Gasteiger partial charge in [-0.25, -0.2) is 0 Å². The molecule has 2 atom stereocenters. The van der Waals surface area contributed by atoms with Crippen LogP contribution in [-0.2, 0) is 4.79 Å². The highest BCUT2D eigenvalue weighted by Gasteiger charge is 2.33. The zero-order chi connectivity index (χ0) is 12.5. The van der Waals surface area contributed by atoms with Crippen LogP contribution in [0.4, 0.5) is 0 Å². The first-order chi connectivity index (χ1) is 7.97. The van der Waals surface area contributed by atoms with Gasteiger partial charge < -0.3 is 0 Å². The van der Waals surface area contributed by atoms with Crippen LogP contribution in [0.3, 0.4) is 0 Å². The highest BCUT2D eigenvalue weighted by atomic mass is 16.1. The molecule has 2 nitrogen and oxygen atoms in total. The Kier molecular flexibility index (Phi) is 3.92. The standard InChI is InChI=1S/C15H27NO/c1-15(2,3)14(17)11-16-9-8-12-6-4-5-7-13(12)10-16/h12-13H,4-11H2,1-3H3. The second kappa shape index (κ2) is 5.09. The highest BCUT2D eigenvalue weighted by Crippen LogP contribution is 2.36. The lowest BCUT2D eigenvalue weighted by Crippen LogP contribution is -2.45. The largest absolute Gasteiger partial charge is 0.298 e. The maximum atomic E-state index is 12.1. The fourth-order valence-electron chi connectivity index (χ4n) is 3.26. The molecule has 0 radical (unpaired) electrons. The molecule has 0 amide bonds. The van der Waals surface area contributed by atoms with Crippen molar-refractivity contribution in [2.24, 2.45) is 17.3 Å². The minimum atomic E-state index is -0.177. The Morgan fingerprint density at radius 3 is 2.41 bits per heavy atom. The van der Waals surface area contributed by atoms with E-state index in [1.807, 2.05) is 20.8 Å². The third-order valence-electron chi connectivity index (χ3n) is 4.58. The summed E-state index contributed by atoms with van der Waals surface area (Å²) in [4.78, 5) is 14.5. The molecule has 1 saturated heterocycles. The van der Waals surface area contributed by atoms with Crippen molar-refractivity contribution >= 4 is 5.78 Å². The van der Waals surface area contributed by atoms with Crippen molar-refractivity contribution in [2.45, 2.75) is 52.9 Å². The third kappa shape index (κ3) is 3.31. The topological polar surface area (TPSA) is 20.3 Å². The second-order valence-electron chi connectivity index (χ2n) is 7.00. The number of likely N-dealkylation sites (tertiary alicyclic amines) is 1. The molecule has 0 aromatic rings. The Bertz CT molecular complexity index is 279. The Morgan fingerprint density at radius 2 is 1.76 bits per heavy atom. The van der Waals surface area contributed by atoms with Crippen LogP contribution < -0.4 is 0 Å². The van der Waals surface area contributed by atoms with Crippen LogP contribution in [0.5, 0.6) is 0 Å². The number of hydrogen-bond donors (Lipinski definition) is 0. The summed E-state index contributed by atoms with van der Waals surface area (Å²) in [5.74, 6) is 2.24. The van der Waals surface area contributed by atoms with E-state index in [4.69, 9.17) is 0 Å². The van der Waals surface area contributed by atoms with Gasteiger partial charge in [0.05, 0.1) is 6.54 Å². The van der Waals surface area contributed by atoms with E-state index in [1.165, 1.54) is 38.6 Å². The lowest BCUT2D eigenvalue weighted by molar-refractivity contribution is -0.128. The molecular formula is C15H27NO. The Hall–Kier alpha value is -0.370. The number of ketones is 1. The van der Waals surface area contributed by atoms with Gasteiger partial charge in [-0.3, -0.25) is 9.69 Å². The van der Waals surface area contributed by atoms with E-state index in [1.54, 1.807) is 0 Å². The van der Waals surface area contributed by atoms with Gasteiger partial charge in [0.1, 0.15) is 0 Å². The number of nitrogens with zero attached hydrogens (tertiary/aromatic N) is 1. The van der Waals surface area contributed by atoms with Crippen molar-refractivity contribution in [3.8, 4) is 0 Å². The lowest BCUT2D eigenvalue weighted by atomic mass is 9.75. The van der Waals surface area contributed by atoms with Gasteiger partial charge in [0.25, 0.3) is 0 Å². The molecule has 2 aliphatic rings. The number of fused-ring (bicyclic) bond motifs is 1. The van der Waals surface area contributed by atoms with Crippen LogP contribution in [0.15, 0.2) is 0 Å². The predicted octanol–water partition coefficient (Wildman–Crippen LogP) is 3.11. The van der Waals surface area contributed by atoms with Crippen molar-refractivity contribution in [3.05, 3.63) is 0 Å². The Labute approximate surface area is 106 Å². The van der Waals surface area contributed by atoms with E-state index in [0.717, 1.165) is 18.4 Å². The molecule has 2 rings (SSSR count). The third-order valence-corrected chi connectivity index (χ3v) is 4.58. The fraction of sp³-hybridized carbons (Fsp3) is 0.933. The maximum Gasteiger partial charge on any atom is 0.152 e. The van der Waals surface area contributed by atoms with E-state index >= 15 is 0 Å². The molecule has 1 heterocycles. The molecule has 1 saturated carbocycles. The van der Waals surface area contributed by atoms with E-state index in [9.17, 15) is 4.79 Å². The summed E-state index contributed by atoms with van der Waals surface area (Å²) < 4.78 is 0. The van der Waals surface area contributed by atoms with E-state index < -0.39 is 0 Å². The molecule has 17 heavy (non-hydrogen) atoms. The molecule has 0 bridgehead atoms. The highest BCUT2D eigenvalue weighted by molar-refractivity contribution is 5.85. The molecule has 0 aromatic carbocycles. The summed E-state index contributed by atoms with van der Waals surface area (Å²) in [7, 11) is 0. The number of hydrogen-bond acceptors (Lipinski definition) is 2. The van der Waals surface area contributed by atoms with Crippen molar-refractivity contribution in [1.82, 2.24) is 4.90 Å². The van der Waals surface area contributed by atoms with Gasteiger partial charge in [-0.2, -0.15) is 0 Å². The van der Waals surface area contributed by atoms with Gasteiger partial charge in [0.2, 0.25) is 0 Å². The number of rotatable bonds is 2. The lowest BCUT2D eigenvalue weighted by Gasteiger charge is -2.41. The molecule has 98 valence electrons. The molecule has 2 fully saturated rings. The average Bonchev–Trinajstić information content (AvgIpc) is 2.27. The maximum absolute atomic E-state index is 12.1. The van der Waals surface area contributed by atoms with Gasteiger partial charge in [-0.05, 0) is 31.2 Å². The zero-order valence-corrected chi connectivity index (χ0v) is 11.7. The van der Waals surface area contributed by atoms with Crippen LogP contribution in [0, 0.1) is 17.3 Å². The van der Waals surface area contributed by atoms with E-state index in [0.29, 0.717) is 12.3 Å². The van der Waals surface area contributed by atoms with Crippen molar-refractivity contribution in [3.63, 3.8) is 0 Å². The molecule has 1 aliphatic heterocycles. The molecule has 2 heteroatoms.